The van der Waals surface area contributed by atoms with E-state index in [1.807, 2.05) is 47.9 Å². The number of nitrogens with one attached hydrogen (secondary N) is 1. The smallest absolute Gasteiger partial charge is 0.338 e. The number of aryl methyl sites for hydroxylation is 1. The van der Waals surface area contributed by atoms with Gasteiger partial charge in [0.05, 0.1) is 29.4 Å². The van der Waals surface area contributed by atoms with Crippen molar-refractivity contribution in [1.82, 2.24) is 14.9 Å². The lowest BCUT2D eigenvalue weighted by atomic mass is 10.2. The van der Waals surface area contributed by atoms with Gasteiger partial charge in [0.25, 0.3) is 5.91 Å². The fraction of sp³-hybridized carbons (Fsp3) is 0.174. The van der Waals surface area contributed by atoms with Gasteiger partial charge in [0.2, 0.25) is 0 Å². The van der Waals surface area contributed by atoms with Crippen molar-refractivity contribution >= 4 is 22.9 Å². The Hall–Kier alpha value is -3.87. The first-order valence-electron chi connectivity index (χ1n) is 9.58. The Morgan fingerprint density at radius 2 is 1.93 bits per heavy atom. The van der Waals surface area contributed by atoms with Crippen LogP contribution in [0.4, 0.5) is 0 Å². The van der Waals surface area contributed by atoms with Crippen molar-refractivity contribution in [2.45, 2.75) is 26.5 Å². The van der Waals surface area contributed by atoms with Crippen molar-refractivity contribution in [3.8, 4) is 5.69 Å². The van der Waals surface area contributed by atoms with Crippen LogP contribution in [0.15, 0.2) is 71.3 Å². The Kier molecular flexibility index (Phi) is 5.34. The topological polar surface area (TPSA) is 86.4 Å². The molecule has 7 nitrogen and oxygen atoms in total. The van der Waals surface area contributed by atoms with Crippen LogP contribution in [0.2, 0.25) is 0 Å². The first kappa shape index (κ1) is 19.4. The number of ether oxygens (including phenoxy) is 1. The number of benzene rings is 2. The fourth-order valence-electron chi connectivity index (χ4n) is 3.24. The van der Waals surface area contributed by atoms with Crippen molar-refractivity contribution in [3.05, 3.63) is 84.1 Å². The minimum atomic E-state index is -0.938. The molecule has 0 aliphatic rings. The summed E-state index contributed by atoms with van der Waals surface area (Å²) in [6.07, 6.45) is 0.591. The van der Waals surface area contributed by atoms with Gasteiger partial charge >= 0.3 is 5.97 Å². The summed E-state index contributed by atoms with van der Waals surface area (Å²) in [7, 11) is 0. The molecule has 0 radical (unpaired) electrons. The lowest BCUT2D eigenvalue weighted by Gasteiger charge is -2.13. The fourth-order valence-corrected chi connectivity index (χ4v) is 3.24. The maximum atomic E-state index is 12.5. The number of imidazole rings is 1. The van der Waals surface area contributed by atoms with Gasteiger partial charge in [-0.1, -0.05) is 18.2 Å². The molecule has 0 aliphatic carbocycles. The number of carbonyl (C=O) groups is 2. The summed E-state index contributed by atoms with van der Waals surface area (Å²) < 4.78 is 12.5. The van der Waals surface area contributed by atoms with Crippen LogP contribution in [-0.2, 0) is 16.1 Å². The number of hydrogen-bond donors (Lipinski definition) is 1. The van der Waals surface area contributed by atoms with Gasteiger partial charge < -0.3 is 14.5 Å². The highest BCUT2D eigenvalue weighted by Gasteiger charge is 2.20. The monoisotopic (exact) mass is 403 g/mol. The third-order valence-corrected chi connectivity index (χ3v) is 4.74. The van der Waals surface area contributed by atoms with E-state index >= 15 is 0 Å². The van der Waals surface area contributed by atoms with E-state index in [0.29, 0.717) is 16.8 Å². The number of para-hydroxylation sites is 1. The Morgan fingerprint density at radius 1 is 1.13 bits per heavy atom. The van der Waals surface area contributed by atoms with Crippen LogP contribution in [0.1, 0.15) is 28.9 Å². The summed E-state index contributed by atoms with van der Waals surface area (Å²) in [5.41, 5.74) is 2.90. The molecule has 2 aromatic carbocycles. The minimum absolute atomic E-state index is 0.232. The second kappa shape index (κ2) is 8.24. The molecule has 0 aliphatic heterocycles. The van der Waals surface area contributed by atoms with Crippen LogP contribution in [-0.4, -0.2) is 27.5 Å². The molecule has 30 heavy (non-hydrogen) atoms. The molecule has 0 saturated heterocycles. The molecule has 2 aromatic heterocycles. The minimum Gasteiger partial charge on any atom is -0.467 e. The van der Waals surface area contributed by atoms with E-state index in [1.54, 1.807) is 24.3 Å². The largest absolute Gasteiger partial charge is 0.467 e. The van der Waals surface area contributed by atoms with E-state index in [4.69, 9.17) is 9.15 Å². The number of nitrogens with zero attached hydrogens (tertiary/aromatic N) is 2. The number of esters is 1. The predicted octanol–water partition coefficient (Wildman–Crippen LogP) is 3.79. The highest BCUT2D eigenvalue weighted by atomic mass is 16.5. The van der Waals surface area contributed by atoms with Gasteiger partial charge in [-0.3, -0.25) is 9.36 Å². The van der Waals surface area contributed by atoms with Gasteiger partial charge in [0, 0.05) is 5.69 Å². The lowest BCUT2D eigenvalue weighted by Crippen LogP contribution is -2.35. The van der Waals surface area contributed by atoms with Crippen molar-refractivity contribution in [2.75, 3.05) is 0 Å². The number of furan rings is 1. The van der Waals surface area contributed by atoms with Crippen LogP contribution < -0.4 is 5.32 Å². The van der Waals surface area contributed by atoms with Gasteiger partial charge in [-0.2, -0.15) is 0 Å². The second-order valence-electron chi connectivity index (χ2n) is 6.88. The molecule has 1 atom stereocenters. The molecular weight excluding hydrogens is 382 g/mol. The molecule has 0 fully saturated rings. The van der Waals surface area contributed by atoms with Gasteiger partial charge in [-0.25, -0.2) is 9.78 Å². The molecule has 152 valence electrons. The summed E-state index contributed by atoms with van der Waals surface area (Å²) >= 11 is 0. The van der Waals surface area contributed by atoms with Crippen LogP contribution in [0.5, 0.6) is 0 Å². The SMILES string of the molecule is Cc1nc2cc(C(=O)O[C@H](C)C(=O)NCc3ccco3)ccc2n1-c1ccccc1. The quantitative estimate of drug-likeness (QED) is 0.495. The lowest BCUT2D eigenvalue weighted by molar-refractivity contribution is -0.129. The Balaban J connectivity index is 1.47. The summed E-state index contributed by atoms with van der Waals surface area (Å²) in [6.45, 7) is 3.68. The van der Waals surface area contributed by atoms with Gasteiger partial charge in [0.1, 0.15) is 11.6 Å². The van der Waals surface area contributed by atoms with E-state index in [0.717, 1.165) is 17.0 Å². The van der Waals surface area contributed by atoms with Crippen molar-refractivity contribution in [1.29, 1.82) is 0 Å². The zero-order valence-electron chi connectivity index (χ0n) is 16.7. The third kappa shape index (κ3) is 3.96. The van der Waals surface area contributed by atoms with Gasteiger partial charge in [-0.15, -0.1) is 0 Å². The third-order valence-electron chi connectivity index (χ3n) is 4.74. The van der Waals surface area contributed by atoms with E-state index in [2.05, 4.69) is 10.3 Å². The predicted molar refractivity (Wildman–Crippen MR) is 111 cm³/mol. The van der Waals surface area contributed by atoms with E-state index < -0.39 is 18.0 Å². The average Bonchev–Trinajstić information content (AvgIpc) is 3.38. The van der Waals surface area contributed by atoms with Crippen LogP contribution in [0.25, 0.3) is 16.7 Å². The summed E-state index contributed by atoms with van der Waals surface area (Å²) in [5, 5.41) is 2.67. The zero-order valence-corrected chi connectivity index (χ0v) is 16.7. The Bertz CT molecular complexity index is 1180. The number of aromatic nitrogens is 2. The molecule has 4 rings (SSSR count). The number of carbonyl (C=O) groups excluding carboxylic acids is 2. The molecule has 1 amide bonds. The molecule has 1 N–H and O–H groups in total. The van der Waals surface area contributed by atoms with Crippen molar-refractivity contribution < 1.29 is 18.7 Å². The van der Waals surface area contributed by atoms with E-state index in [1.165, 1.54) is 13.2 Å². The molecule has 0 unspecified atom stereocenters. The van der Waals surface area contributed by atoms with Crippen LogP contribution in [0.3, 0.4) is 0 Å². The molecular formula is C23H21N3O4. The standard InChI is InChI=1S/C23H21N3O4/c1-15(22(27)24-14-19-9-6-12-29-19)30-23(28)17-10-11-21-20(13-17)25-16(2)26(21)18-7-4-3-5-8-18/h3-13,15H,14H2,1-2H3,(H,24,27)/t15-/m1/s1. The number of rotatable bonds is 6. The van der Waals surface area contributed by atoms with Crippen molar-refractivity contribution in [3.63, 3.8) is 0 Å². The maximum Gasteiger partial charge on any atom is 0.338 e. The molecule has 0 spiro atoms. The molecule has 4 aromatic rings. The summed E-state index contributed by atoms with van der Waals surface area (Å²) in [5.74, 6) is 0.457. The Morgan fingerprint density at radius 3 is 2.67 bits per heavy atom. The highest BCUT2D eigenvalue weighted by Crippen LogP contribution is 2.22. The molecule has 0 saturated carbocycles. The van der Waals surface area contributed by atoms with Gasteiger partial charge in [0.15, 0.2) is 6.10 Å². The van der Waals surface area contributed by atoms with Crippen molar-refractivity contribution in [2.24, 2.45) is 0 Å². The average molecular weight is 403 g/mol. The van der Waals surface area contributed by atoms with Gasteiger partial charge in [-0.05, 0) is 56.3 Å². The molecule has 2 heterocycles. The number of amides is 1. The normalized spacial score (nSPS) is 11.9. The second-order valence-corrected chi connectivity index (χ2v) is 6.88. The Labute approximate surface area is 173 Å². The number of hydrogen-bond acceptors (Lipinski definition) is 5. The maximum absolute atomic E-state index is 12.5. The van der Waals surface area contributed by atoms with E-state index in [-0.39, 0.29) is 6.54 Å². The summed E-state index contributed by atoms with van der Waals surface area (Å²) in [6, 6.07) is 18.6. The zero-order chi connectivity index (χ0) is 21.1. The van der Waals surface area contributed by atoms with Crippen LogP contribution in [0, 0.1) is 6.92 Å². The van der Waals surface area contributed by atoms with E-state index in [9.17, 15) is 9.59 Å². The first-order chi connectivity index (χ1) is 14.5. The summed E-state index contributed by atoms with van der Waals surface area (Å²) in [4.78, 5) is 29.3. The molecule has 7 heteroatoms. The molecule has 0 bridgehead atoms. The number of fused-ring (bicyclic) bond motifs is 1. The first-order valence-corrected chi connectivity index (χ1v) is 9.58. The highest BCUT2D eigenvalue weighted by molar-refractivity contribution is 5.95. The van der Waals surface area contributed by atoms with Crippen LogP contribution >= 0.6 is 0 Å².